The predicted molar refractivity (Wildman–Crippen MR) is 217 cm³/mol. The van der Waals surface area contributed by atoms with Gasteiger partial charge in [0.15, 0.2) is 0 Å². The fourth-order valence-electron chi connectivity index (χ4n) is 6.11. The summed E-state index contributed by atoms with van der Waals surface area (Å²) < 4.78 is 214. The topological polar surface area (TPSA) is 443 Å². The average Bonchev–Trinajstić information content (AvgIpc) is 3.18. The van der Waals surface area contributed by atoms with Crippen molar-refractivity contribution in [2.24, 2.45) is 0 Å². The van der Waals surface area contributed by atoms with Crippen LogP contribution < -0.4 is 199 Å². The number of anilines is 4. The Hall–Kier alpha value is -0.490. The molecule has 0 saturated heterocycles. The van der Waals surface area contributed by atoms with Gasteiger partial charge in [-0.3, -0.25) is 9.59 Å². The molecule has 6 aromatic carbocycles. The summed E-state index contributed by atoms with van der Waals surface area (Å²) in [7, 11) is -32.1. The normalized spacial score (nSPS) is 11.6. The van der Waals surface area contributed by atoms with Crippen LogP contribution in [0.25, 0.3) is 21.5 Å². The van der Waals surface area contributed by atoms with E-state index >= 15 is 0 Å². The smallest absolute Gasteiger partial charge is 0.744 e. The van der Waals surface area contributed by atoms with Crippen molar-refractivity contribution < 1.29 is 270 Å². The van der Waals surface area contributed by atoms with Gasteiger partial charge in [0.2, 0.25) is 0 Å². The Morgan fingerprint density at radius 2 is 0.625 bits per heavy atom. The van der Waals surface area contributed by atoms with Crippen LogP contribution in [0.4, 0.5) is 27.5 Å². The summed E-state index contributed by atoms with van der Waals surface area (Å²) in [6.45, 7) is 0. The van der Waals surface area contributed by atoms with Gasteiger partial charge >= 0.3 is 183 Å². The van der Waals surface area contributed by atoms with Gasteiger partial charge in [-0.2, -0.15) is 0 Å². The van der Waals surface area contributed by atoms with Gasteiger partial charge in [0, 0.05) is 22.1 Å². The van der Waals surface area contributed by atoms with E-state index in [-0.39, 0.29) is 199 Å². The molecule has 0 heterocycles. The molecule has 0 aliphatic rings. The molecule has 0 radical (unpaired) electrons. The molecule has 0 unspecified atom stereocenters. The predicted octanol–water partition coefficient (Wildman–Crippen LogP) is -16.4. The van der Waals surface area contributed by atoms with Gasteiger partial charge in [0.1, 0.15) is 60.7 Å². The molecule has 72 heavy (non-hydrogen) atoms. The first-order valence-electron chi connectivity index (χ1n) is 17.1. The number of urea groups is 1. The molecular formula is C35H20N4Na6O21S6. The Kier molecular flexibility index (Phi) is 26.7. The molecule has 0 bridgehead atoms. The van der Waals surface area contributed by atoms with Crippen molar-refractivity contribution in [1.29, 1.82) is 0 Å². The summed E-state index contributed by atoms with van der Waals surface area (Å²) >= 11 is 0. The van der Waals surface area contributed by atoms with Crippen LogP contribution >= 0.6 is 0 Å². The van der Waals surface area contributed by atoms with E-state index in [1.165, 1.54) is 0 Å². The zero-order chi connectivity index (χ0) is 49.1. The van der Waals surface area contributed by atoms with Crippen LogP contribution in [0.5, 0.6) is 0 Å². The van der Waals surface area contributed by atoms with E-state index in [0.29, 0.717) is 60.7 Å². The number of rotatable bonds is 12. The van der Waals surface area contributed by atoms with Crippen molar-refractivity contribution >= 4 is 123 Å². The Morgan fingerprint density at radius 3 is 0.903 bits per heavy atom. The maximum Gasteiger partial charge on any atom is 1.00 e. The fraction of sp³-hybridized carbons (Fsp3) is 0. The van der Waals surface area contributed by atoms with Gasteiger partial charge in [-0.05, 0) is 95.7 Å². The molecule has 0 aliphatic heterocycles. The van der Waals surface area contributed by atoms with Gasteiger partial charge < -0.3 is 48.6 Å². The van der Waals surface area contributed by atoms with Gasteiger partial charge in [-0.1, -0.05) is 12.1 Å². The Balaban J connectivity index is 0.00000840. The summed E-state index contributed by atoms with van der Waals surface area (Å²) in [6, 6.07) is 10.2. The summed E-state index contributed by atoms with van der Waals surface area (Å²) in [6.07, 6.45) is 0. The first-order valence-corrected chi connectivity index (χ1v) is 25.5. The maximum atomic E-state index is 13.4. The van der Waals surface area contributed by atoms with E-state index in [2.05, 4.69) is 21.3 Å². The van der Waals surface area contributed by atoms with Crippen molar-refractivity contribution in [2.45, 2.75) is 29.4 Å². The molecule has 0 aliphatic carbocycles. The van der Waals surface area contributed by atoms with Crippen LogP contribution in [-0.2, 0) is 60.7 Å². The second-order valence-corrected chi connectivity index (χ2v) is 21.6. The van der Waals surface area contributed by atoms with E-state index in [1.807, 2.05) is 0 Å². The third-order valence-electron chi connectivity index (χ3n) is 8.95. The summed E-state index contributed by atoms with van der Waals surface area (Å²) in [5, 5.41) is 7.28. The van der Waals surface area contributed by atoms with Crippen LogP contribution in [0.2, 0.25) is 0 Å². The molecule has 37 heteroatoms. The van der Waals surface area contributed by atoms with E-state index < -0.39 is 142 Å². The number of carbonyl (C=O) groups is 3. The standard InChI is InChI=1S/C35H26N4O21S6.6Na/c40-33(38-29-15-23(63(49,50)51)11-17-9-21(61(43,44)45)3-7-25(17)29)27-5-1-19(13-31(27)65(55,56)57)36-35(42)37-20-2-6-28(32(14-20)66(58,59)60)34(41)39-30-16-24(64(52,53)54)12-18-10-22(62(46,47)48)4-8-26(18)30;;;;;;/h1-16H,(H,38,40)(H,39,41)(H2,36,37,42)(H,43,44,45)(H,46,47,48)(H,49,50,51)(H,52,53,54)(H,55,56,57)(H,58,59,60);;;;;;/q;6*+1/p-6. The van der Waals surface area contributed by atoms with Gasteiger partial charge in [-0.25, -0.2) is 55.3 Å². The largest absolute Gasteiger partial charge is 1.00 e. The maximum absolute atomic E-state index is 13.4. The van der Waals surface area contributed by atoms with Crippen LogP contribution in [0.15, 0.2) is 126 Å². The van der Waals surface area contributed by atoms with Crippen LogP contribution in [0, 0.1) is 0 Å². The molecule has 6 aromatic rings. The minimum absolute atomic E-state index is 0. The first-order chi connectivity index (χ1) is 30.2. The fourth-order valence-corrected chi connectivity index (χ4v) is 9.59. The average molecular weight is 1160 g/mol. The van der Waals surface area contributed by atoms with Crippen LogP contribution in [0.3, 0.4) is 0 Å². The van der Waals surface area contributed by atoms with E-state index in [0.717, 1.165) is 36.4 Å². The number of fused-ring (bicyclic) bond motifs is 2. The Bertz CT molecular complexity index is 3590. The van der Waals surface area contributed by atoms with E-state index in [4.69, 9.17) is 0 Å². The molecule has 4 amide bonds. The number of amides is 4. The molecule has 6 rings (SSSR count). The van der Waals surface area contributed by atoms with Crippen molar-refractivity contribution in [3.63, 3.8) is 0 Å². The van der Waals surface area contributed by atoms with E-state index in [9.17, 15) is 92.2 Å². The monoisotopic (exact) mass is 1160 g/mol. The summed E-state index contributed by atoms with van der Waals surface area (Å²) in [4.78, 5) is 33.4. The third-order valence-corrected chi connectivity index (χ3v) is 14.0. The molecule has 0 atom stereocenters. The Labute approximate surface area is 542 Å². The number of benzene rings is 6. The molecule has 0 aromatic heterocycles. The molecular weight excluding hydrogens is 1140 g/mol. The van der Waals surface area contributed by atoms with E-state index in [1.54, 1.807) is 0 Å². The summed E-state index contributed by atoms with van der Waals surface area (Å²) in [5.74, 6) is -2.86. The quantitative estimate of drug-likeness (QED) is 0.0653. The van der Waals surface area contributed by atoms with Gasteiger partial charge in [0.05, 0.1) is 51.9 Å². The first kappa shape index (κ1) is 71.5. The number of hydrogen-bond donors (Lipinski definition) is 4. The number of carbonyl (C=O) groups excluding carboxylic acids is 3. The minimum atomic E-state index is -5.62. The third kappa shape index (κ3) is 17.8. The number of nitrogens with one attached hydrogen (secondary N) is 4. The van der Waals surface area contributed by atoms with Crippen molar-refractivity contribution in [3.05, 3.63) is 108 Å². The number of hydrogen-bond acceptors (Lipinski definition) is 21. The van der Waals surface area contributed by atoms with Gasteiger partial charge in [0.25, 0.3) is 11.8 Å². The van der Waals surface area contributed by atoms with Crippen molar-refractivity contribution in [3.8, 4) is 0 Å². The van der Waals surface area contributed by atoms with Gasteiger partial charge in [-0.15, -0.1) is 0 Å². The molecule has 0 fully saturated rings. The summed E-state index contributed by atoms with van der Waals surface area (Å²) in [5.41, 5.74) is -3.98. The molecule has 4 N–H and O–H groups in total. The zero-order valence-corrected chi connectivity index (χ0v) is 54.7. The zero-order valence-electron chi connectivity index (χ0n) is 37.8. The second-order valence-electron chi connectivity index (χ2n) is 13.3. The molecule has 25 nitrogen and oxygen atoms in total. The minimum Gasteiger partial charge on any atom is -0.744 e. The van der Waals surface area contributed by atoms with Crippen molar-refractivity contribution in [1.82, 2.24) is 0 Å². The molecule has 0 saturated carbocycles. The molecule has 348 valence electrons. The van der Waals surface area contributed by atoms with Crippen molar-refractivity contribution in [2.75, 3.05) is 21.3 Å². The van der Waals surface area contributed by atoms with Crippen LogP contribution in [-0.4, -0.2) is 95.7 Å². The Morgan fingerprint density at radius 1 is 0.333 bits per heavy atom. The second kappa shape index (κ2) is 26.9. The van der Waals surface area contributed by atoms with Crippen LogP contribution in [0.1, 0.15) is 20.7 Å². The SMILES string of the molecule is O=C(Nc1ccc(C(=O)Nc2cc(S(=O)(=O)[O-])cc3cc(S(=O)(=O)[O-])ccc23)c(S(=O)(=O)[O-])c1)Nc1ccc(C(=O)Nc2cc(S(=O)(=O)[O-])cc3cc(S(=O)(=O)[O-])ccc23)c(S(=O)(=O)[O-])c1.[Na+].[Na+].[Na+].[Na+].[Na+].[Na+]. The molecule has 0 spiro atoms.